The number of rotatable bonds is 6. The molecule has 0 fully saturated rings. The molecule has 0 saturated heterocycles. The van der Waals surface area contributed by atoms with Crippen molar-refractivity contribution in [1.82, 2.24) is 9.88 Å². The monoisotopic (exact) mass is 222 g/mol. The normalized spacial score (nSPS) is 12.7. The minimum absolute atomic E-state index is 0.218. The number of aliphatic carboxylic acids is 1. The molecule has 0 spiro atoms. The lowest BCUT2D eigenvalue weighted by Gasteiger charge is -2.23. The zero-order valence-corrected chi connectivity index (χ0v) is 9.76. The summed E-state index contributed by atoms with van der Waals surface area (Å²) in [6, 6.07) is 6.05. The third-order valence-corrected chi connectivity index (χ3v) is 2.68. The molecule has 0 aliphatic heterocycles. The second kappa shape index (κ2) is 6.23. The van der Waals surface area contributed by atoms with Crippen LogP contribution in [0.1, 0.15) is 31.5 Å². The summed E-state index contributed by atoms with van der Waals surface area (Å²) in [4.78, 5) is 16.8. The molecule has 4 nitrogen and oxygen atoms in total. The number of carboxylic acids is 1. The minimum Gasteiger partial charge on any atom is -0.481 e. The van der Waals surface area contributed by atoms with Gasteiger partial charge in [0.05, 0.1) is 5.69 Å². The highest BCUT2D eigenvalue weighted by atomic mass is 16.4. The molecule has 1 aromatic heterocycles. The van der Waals surface area contributed by atoms with Crippen molar-refractivity contribution in [3.8, 4) is 0 Å². The van der Waals surface area contributed by atoms with Gasteiger partial charge in [0.2, 0.25) is 0 Å². The molecule has 0 bridgehead atoms. The maximum absolute atomic E-state index is 10.4. The molecule has 0 aliphatic carbocycles. The van der Waals surface area contributed by atoms with Gasteiger partial charge >= 0.3 is 5.97 Å². The van der Waals surface area contributed by atoms with Crippen molar-refractivity contribution >= 4 is 5.97 Å². The zero-order valence-electron chi connectivity index (χ0n) is 9.76. The van der Waals surface area contributed by atoms with E-state index in [0.717, 1.165) is 12.2 Å². The number of hydrogen-bond acceptors (Lipinski definition) is 3. The van der Waals surface area contributed by atoms with Gasteiger partial charge in [0.25, 0.3) is 0 Å². The zero-order chi connectivity index (χ0) is 12.0. The summed E-state index contributed by atoms with van der Waals surface area (Å²) in [5.41, 5.74) is 1.01. The van der Waals surface area contributed by atoms with Crippen LogP contribution in [0.15, 0.2) is 24.4 Å². The lowest BCUT2D eigenvalue weighted by molar-refractivity contribution is -0.137. The molecule has 1 heterocycles. The first-order valence-electron chi connectivity index (χ1n) is 5.44. The second-order valence-corrected chi connectivity index (χ2v) is 3.91. The van der Waals surface area contributed by atoms with Gasteiger partial charge in [-0.3, -0.25) is 14.7 Å². The highest BCUT2D eigenvalue weighted by Gasteiger charge is 2.12. The predicted molar refractivity (Wildman–Crippen MR) is 62.2 cm³/mol. The van der Waals surface area contributed by atoms with Crippen LogP contribution in [0, 0.1) is 0 Å². The van der Waals surface area contributed by atoms with Crippen molar-refractivity contribution in [3.05, 3.63) is 30.1 Å². The summed E-state index contributed by atoms with van der Waals surface area (Å²) in [5, 5.41) is 8.55. The van der Waals surface area contributed by atoms with E-state index in [1.54, 1.807) is 6.20 Å². The maximum Gasteiger partial charge on any atom is 0.303 e. The summed E-state index contributed by atoms with van der Waals surface area (Å²) < 4.78 is 0. The Hall–Kier alpha value is -1.42. The van der Waals surface area contributed by atoms with Gasteiger partial charge in [0, 0.05) is 18.7 Å². The Labute approximate surface area is 95.9 Å². The van der Waals surface area contributed by atoms with Crippen LogP contribution in [0.2, 0.25) is 0 Å². The van der Waals surface area contributed by atoms with Crippen molar-refractivity contribution in [2.75, 3.05) is 13.6 Å². The SMILES string of the molecule is CC(c1ccccn1)N(C)CCCC(=O)O. The quantitative estimate of drug-likeness (QED) is 0.799. The largest absolute Gasteiger partial charge is 0.481 e. The molecular formula is C12H18N2O2. The molecule has 16 heavy (non-hydrogen) atoms. The van der Waals surface area contributed by atoms with Crippen LogP contribution in [-0.4, -0.2) is 34.6 Å². The molecular weight excluding hydrogens is 204 g/mol. The fourth-order valence-corrected chi connectivity index (χ4v) is 1.52. The maximum atomic E-state index is 10.4. The highest BCUT2D eigenvalue weighted by Crippen LogP contribution is 2.15. The fourth-order valence-electron chi connectivity index (χ4n) is 1.52. The first-order chi connectivity index (χ1) is 7.61. The Bertz CT molecular complexity index is 327. The molecule has 0 amide bonds. The van der Waals surface area contributed by atoms with Gasteiger partial charge in [-0.05, 0) is 39.1 Å². The fraction of sp³-hybridized carbons (Fsp3) is 0.500. The van der Waals surface area contributed by atoms with Gasteiger partial charge in [-0.1, -0.05) is 6.07 Å². The molecule has 1 aromatic rings. The smallest absolute Gasteiger partial charge is 0.303 e. The Kier molecular flexibility index (Phi) is 4.92. The van der Waals surface area contributed by atoms with Crippen molar-refractivity contribution in [1.29, 1.82) is 0 Å². The number of carbonyl (C=O) groups is 1. The lowest BCUT2D eigenvalue weighted by Crippen LogP contribution is -2.24. The van der Waals surface area contributed by atoms with E-state index in [-0.39, 0.29) is 12.5 Å². The van der Waals surface area contributed by atoms with Crippen molar-refractivity contribution < 1.29 is 9.90 Å². The first kappa shape index (κ1) is 12.6. The topological polar surface area (TPSA) is 53.4 Å². The molecule has 1 atom stereocenters. The van der Waals surface area contributed by atoms with Crippen LogP contribution in [0.5, 0.6) is 0 Å². The van der Waals surface area contributed by atoms with E-state index < -0.39 is 5.97 Å². The average molecular weight is 222 g/mol. The summed E-state index contributed by atoms with van der Waals surface area (Å²) in [5.74, 6) is -0.737. The number of pyridine rings is 1. The summed E-state index contributed by atoms with van der Waals surface area (Å²) in [6.07, 6.45) is 2.67. The summed E-state index contributed by atoms with van der Waals surface area (Å²) in [6.45, 7) is 2.84. The van der Waals surface area contributed by atoms with Crippen LogP contribution in [0.3, 0.4) is 0 Å². The number of carboxylic acid groups (broad SMARTS) is 1. The van der Waals surface area contributed by atoms with E-state index in [2.05, 4.69) is 16.8 Å². The van der Waals surface area contributed by atoms with Crippen LogP contribution < -0.4 is 0 Å². The molecule has 0 radical (unpaired) electrons. The molecule has 1 rings (SSSR count). The van der Waals surface area contributed by atoms with Crippen LogP contribution in [0.25, 0.3) is 0 Å². The second-order valence-electron chi connectivity index (χ2n) is 3.91. The van der Waals surface area contributed by atoms with E-state index in [1.807, 2.05) is 25.2 Å². The number of aromatic nitrogens is 1. The molecule has 0 aromatic carbocycles. The van der Waals surface area contributed by atoms with Gasteiger partial charge < -0.3 is 5.11 Å². The average Bonchev–Trinajstić information content (AvgIpc) is 2.28. The van der Waals surface area contributed by atoms with Gasteiger partial charge in [0.15, 0.2) is 0 Å². The Morgan fingerprint density at radius 3 is 2.88 bits per heavy atom. The predicted octanol–water partition coefficient (Wildman–Crippen LogP) is 1.94. The van der Waals surface area contributed by atoms with Crippen LogP contribution in [-0.2, 0) is 4.79 Å². The summed E-state index contributed by atoms with van der Waals surface area (Å²) in [7, 11) is 1.99. The first-order valence-corrected chi connectivity index (χ1v) is 5.44. The van der Waals surface area contributed by atoms with Gasteiger partial charge in [-0.15, -0.1) is 0 Å². The van der Waals surface area contributed by atoms with E-state index in [0.29, 0.717) is 6.42 Å². The molecule has 0 aliphatic rings. The van der Waals surface area contributed by atoms with E-state index in [1.165, 1.54) is 0 Å². The third-order valence-electron chi connectivity index (χ3n) is 2.68. The van der Waals surface area contributed by atoms with E-state index >= 15 is 0 Å². The Morgan fingerprint density at radius 1 is 1.56 bits per heavy atom. The van der Waals surface area contributed by atoms with E-state index in [9.17, 15) is 4.79 Å². The lowest BCUT2D eigenvalue weighted by atomic mass is 10.2. The molecule has 4 heteroatoms. The molecule has 1 N–H and O–H groups in total. The number of hydrogen-bond donors (Lipinski definition) is 1. The Balaban J connectivity index is 2.42. The summed E-state index contributed by atoms with van der Waals surface area (Å²) >= 11 is 0. The molecule has 1 unspecified atom stereocenters. The van der Waals surface area contributed by atoms with Crippen molar-refractivity contribution in [2.45, 2.75) is 25.8 Å². The number of nitrogens with zero attached hydrogens (tertiary/aromatic N) is 2. The highest BCUT2D eigenvalue weighted by molar-refractivity contribution is 5.66. The van der Waals surface area contributed by atoms with Gasteiger partial charge in [0.1, 0.15) is 0 Å². The minimum atomic E-state index is -0.737. The van der Waals surface area contributed by atoms with Gasteiger partial charge in [-0.2, -0.15) is 0 Å². The van der Waals surface area contributed by atoms with Crippen LogP contribution in [0.4, 0.5) is 0 Å². The van der Waals surface area contributed by atoms with E-state index in [4.69, 9.17) is 5.11 Å². The third kappa shape index (κ3) is 3.98. The van der Waals surface area contributed by atoms with Crippen molar-refractivity contribution in [2.24, 2.45) is 0 Å². The van der Waals surface area contributed by atoms with Gasteiger partial charge in [-0.25, -0.2) is 0 Å². The molecule has 0 saturated carbocycles. The van der Waals surface area contributed by atoms with Crippen molar-refractivity contribution in [3.63, 3.8) is 0 Å². The Morgan fingerprint density at radius 2 is 2.31 bits per heavy atom. The molecule has 88 valence electrons. The standard InChI is InChI=1S/C12H18N2O2/c1-10(11-6-3-4-8-13-11)14(2)9-5-7-12(15)16/h3-4,6,8,10H,5,7,9H2,1-2H3,(H,15,16). The van der Waals surface area contributed by atoms with Crippen LogP contribution >= 0.6 is 0 Å².